The zero-order valence-corrected chi connectivity index (χ0v) is 16.3. The molecule has 0 spiro atoms. The molecule has 0 saturated carbocycles. The fourth-order valence-electron chi connectivity index (χ4n) is 4.39. The molecular formula is C24H23N3O2. The van der Waals surface area contributed by atoms with Gasteiger partial charge in [0.05, 0.1) is 11.0 Å². The highest BCUT2D eigenvalue weighted by Crippen LogP contribution is 2.20. The second kappa shape index (κ2) is 7.24. The number of nitrogens with zero attached hydrogens (tertiary/aromatic N) is 3. The van der Waals surface area contributed by atoms with Crippen LogP contribution < -0.4 is 5.56 Å². The van der Waals surface area contributed by atoms with Gasteiger partial charge in [-0.3, -0.25) is 9.59 Å². The minimum Gasteiger partial charge on any atom is -0.338 e. The fraction of sp³-hybridized carbons (Fsp3) is 0.250. The quantitative estimate of drug-likeness (QED) is 0.539. The van der Waals surface area contributed by atoms with Crippen LogP contribution >= 0.6 is 0 Å². The molecule has 0 atom stereocenters. The summed E-state index contributed by atoms with van der Waals surface area (Å²) in [5.74, 6) is 0.167. The zero-order chi connectivity index (χ0) is 19.8. The highest BCUT2D eigenvalue weighted by molar-refractivity contribution is 5.79. The van der Waals surface area contributed by atoms with Crippen LogP contribution in [0.2, 0.25) is 0 Å². The number of carbonyl (C=O) groups is 1. The molecule has 1 aliphatic rings. The molecule has 2 aromatic carbocycles. The van der Waals surface area contributed by atoms with Crippen molar-refractivity contribution in [1.29, 1.82) is 0 Å². The SMILES string of the molecule is O=C(CCCn1c(=O)c2cccn2c2ccccc21)N1CCc2ccccc2C1. The average molecular weight is 385 g/mol. The van der Waals surface area contributed by atoms with E-state index in [4.69, 9.17) is 0 Å². The zero-order valence-electron chi connectivity index (χ0n) is 16.3. The van der Waals surface area contributed by atoms with Crippen molar-refractivity contribution in [3.05, 3.63) is 88.3 Å². The van der Waals surface area contributed by atoms with E-state index in [2.05, 4.69) is 18.2 Å². The predicted octanol–water partition coefficient (Wildman–Crippen LogP) is 3.62. The minimum absolute atomic E-state index is 0.00644. The maximum Gasteiger partial charge on any atom is 0.275 e. The van der Waals surface area contributed by atoms with E-state index >= 15 is 0 Å². The molecule has 0 saturated heterocycles. The van der Waals surface area contributed by atoms with Gasteiger partial charge in [0.15, 0.2) is 0 Å². The standard InChI is InChI=1S/C24H23N3O2/c28-23(25-16-13-18-7-1-2-8-19(18)17-25)12-6-15-27-21-10-4-3-9-20(21)26-14-5-11-22(26)24(27)29/h1-5,7-11,14H,6,12-13,15-17H2. The number of hydrogen-bond donors (Lipinski definition) is 0. The molecule has 2 aromatic heterocycles. The largest absolute Gasteiger partial charge is 0.338 e. The molecule has 4 aromatic rings. The lowest BCUT2D eigenvalue weighted by molar-refractivity contribution is -0.132. The van der Waals surface area contributed by atoms with E-state index in [1.807, 2.05) is 62.5 Å². The number of rotatable bonds is 4. The summed E-state index contributed by atoms with van der Waals surface area (Å²) in [5.41, 5.74) is 5.16. The molecule has 5 rings (SSSR count). The van der Waals surface area contributed by atoms with Crippen molar-refractivity contribution in [2.75, 3.05) is 6.54 Å². The Morgan fingerprint density at radius 3 is 2.45 bits per heavy atom. The summed E-state index contributed by atoms with van der Waals surface area (Å²) in [4.78, 5) is 27.7. The van der Waals surface area contributed by atoms with Crippen LogP contribution in [0.5, 0.6) is 0 Å². The highest BCUT2D eigenvalue weighted by Gasteiger charge is 2.20. The topological polar surface area (TPSA) is 46.7 Å². The fourth-order valence-corrected chi connectivity index (χ4v) is 4.39. The third kappa shape index (κ3) is 3.12. The van der Waals surface area contributed by atoms with Gasteiger partial charge in [0.2, 0.25) is 5.91 Å². The van der Waals surface area contributed by atoms with Crippen LogP contribution in [0, 0.1) is 0 Å². The van der Waals surface area contributed by atoms with Crippen molar-refractivity contribution >= 4 is 22.5 Å². The maximum atomic E-state index is 13.0. The van der Waals surface area contributed by atoms with Gasteiger partial charge in [-0.15, -0.1) is 0 Å². The van der Waals surface area contributed by atoms with Crippen LogP contribution in [0.1, 0.15) is 24.0 Å². The Hall–Kier alpha value is -3.34. The first-order valence-electron chi connectivity index (χ1n) is 10.2. The Balaban J connectivity index is 1.33. The Labute approximate surface area is 168 Å². The summed E-state index contributed by atoms with van der Waals surface area (Å²) in [6.07, 6.45) is 3.94. The number of aryl methyl sites for hydroxylation is 1. The van der Waals surface area contributed by atoms with E-state index in [1.54, 1.807) is 0 Å². The molecule has 5 nitrogen and oxygen atoms in total. The van der Waals surface area contributed by atoms with Gasteiger partial charge in [0.1, 0.15) is 5.52 Å². The Kier molecular flexibility index (Phi) is 4.43. The van der Waals surface area contributed by atoms with E-state index in [-0.39, 0.29) is 11.5 Å². The van der Waals surface area contributed by atoms with E-state index in [9.17, 15) is 9.59 Å². The summed E-state index contributed by atoms with van der Waals surface area (Å²) in [5, 5.41) is 0. The molecule has 3 heterocycles. The number of para-hydroxylation sites is 2. The first-order chi connectivity index (χ1) is 14.2. The first-order valence-corrected chi connectivity index (χ1v) is 10.2. The Bertz CT molecular complexity index is 1270. The molecule has 0 unspecified atom stereocenters. The van der Waals surface area contributed by atoms with Crippen molar-refractivity contribution in [1.82, 2.24) is 13.9 Å². The van der Waals surface area contributed by atoms with Crippen LogP contribution in [0.4, 0.5) is 0 Å². The van der Waals surface area contributed by atoms with Gasteiger partial charge in [-0.2, -0.15) is 0 Å². The van der Waals surface area contributed by atoms with E-state index < -0.39 is 0 Å². The number of carbonyl (C=O) groups excluding carboxylic acids is 1. The summed E-state index contributed by atoms with van der Waals surface area (Å²) in [7, 11) is 0. The summed E-state index contributed by atoms with van der Waals surface area (Å²) in [6, 6.07) is 20.0. The second-order valence-electron chi connectivity index (χ2n) is 7.65. The molecule has 1 amide bonds. The van der Waals surface area contributed by atoms with Crippen molar-refractivity contribution in [3.63, 3.8) is 0 Å². The molecule has 0 radical (unpaired) electrons. The van der Waals surface area contributed by atoms with Crippen LogP contribution in [0.3, 0.4) is 0 Å². The lowest BCUT2D eigenvalue weighted by Crippen LogP contribution is -2.36. The van der Waals surface area contributed by atoms with Gasteiger partial charge in [0, 0.05) is 32.3 Å². The summed E-state index contributed by atoms with van der Waals surface area (Å²) in [6.45, 7) is 2.00. The Morgan fingerprint density at radius 1 is 0.862 bits per heavy atom. The summed E-state index contributed by atoms with van der Waals surface area (Å²) < 4.78 is 3.74. The second-order valence-corrected chi connectivity index (χ2v) is 7.65. The molecule has 146 valence electrons. The maximum absolute atomic E-state index is 13.0. The van der Waals surface area contributed by atoms with Crippen molar-refractivity contribution < 1.29 is 4.79 Å². The van der Waals surface area contributed by atoms with Crippen LogP contribution in [0.15, 0.2) is 71.7 Å². The lowest BCUT2D eigenvalue weighted by atomic mass is 9.99. The molecule has 0 bridgehead atoms. The third-order valence-electron chi connectivity index (χ3n) is 5.90. The van der Waals surface area contributed by atoms with Crippen molar-refractivity contribution in [2.45, 2.75) is 32.4 Å². The van der Waals surface area contributed by atoms with E-state index in [0.29, 0.717) is 31.4 Å². The molecule has 1 aliphatic heterocycles. The minimum atomic E-state index is -0.00644. The van der Waals surface area contributed by atoms with Gasteiger partial charge >= 0.3 is 0 Å². The molecule has 29 heavy (non-hydrogen) atoms. The van der Waals surface area contributed by atoms with Crippen molar-refractivity contribution in [3.8, 4) is 0 Å². The van der Waals surface area contributed by atoms with Gasteiger partial charge in [-0.05, 0) is 48.2 Å². The number of benzene rings is 2. The van der Waals surface area contributed by atoms with Gasteiger partial charge in [-0.25, -0.2) is 0 Å². The van der Waals surface area contributed by atoms with E-state index in [0.717, 1.165) is 24.0 Å². The number of amides is 1. The number of aromatic nitrogens is 2. The monoisotopic (exact) mass is 385 g/mol. The lowest BCUT2D eigenvalue weighted by Gasteiger charge is -2.29. The molecule has 0 fully saturated rings. The summed E-state index contributed by atoms with van der Waals surface area (Å²) >= 11 is 0. The van der Waals surface area contributed by atoms with Gasteiger partial charge in [-0.1, -0.05) is 36.4 Å². The molecule has 0 aliphatic carbocycles. The smallest absolute Gasteiger partial charge is 0.275 e. The van der Waals surface area contributed by atoms with Crippen LogP contribution in [-0.4, -0.2) is 26.3 Å². The number of fused-ring (bicyclic) bond motifs is 4. The Morgan fingerprint density at radius 2 is 1.59 bits per heavy atom. The van der Waals surface area contributed by atoms with Gasteiger partial charge < -0.3 is 13.9 Å². The third-order valence-corrected chi connectivity index (χ3v) is 5.90. The predicted molar refractivity (Wildman–Crippen MR) is 114 cm³/mol. The normalized spacial score (nSPS) is 13.7. The van der Waals surface area contributed by atoms with Crippen molar-refractivity contribution in [2.24, 2.45) is 0 Å². The molecule has 0 N–H and O–H groups in total. The van der Waals surface area contributed by atoms with Gasteiger partial charge in [0.25, 0.3) is 5.56 Å². The number of hydrogen-bond acceptors (Lipinski definition) is 2. The van der Waals surface area contributed by atoms with Crippen LogP contribution in [-0.2, 0) is 24.3 Å². The highest BCUT2D eigenvalue weighted by atomic mass is 16.2. The van der Waals surface area contributed by atoms with Crippen LogP contribution in [0.25, 0.3) is 16.6 Å². The molecule has 5 heteroatoms. The van der Waals surface area contributed by atoms with E-state index in [1.165, 1.54) is 11.1 Å². The molecular weight excluding hydrogens is 362 g/mol. The first kappa shape index (κ1) is 17.7. The average Bonchev–Trinajstić information content (AvgIpc) is 3.26.